The van der Waals surface area contributed by atoms with Gasteiger partial charge in [0.05, 0.1) is 32.7 Å². The van der Waals surface area contributed by atoms with Gasteiger partial charge in [-0.1, -0.05) is 91.0 Å². The summed E-state index contributed by atoms with van der Waals surface area (Å²) < 4.78 is 39.3. The first kappa shape index (κ1) is 28.4. The summed E-state index contributed by atoms with van der Waals surface area (Å²) in [6.07, 6.45) is 0.0986. The van der Waals surface area contributed by atoms with E-state index in [1.165, 1.54) is 0 Å². The predicted octanol–water partition coefficient (Wildman–Crippen LogP) is 3.90. The lowest BCUT2D eigenvalue weighted by molar-refractivity contribution is -0.121. The second-order valence-corrected chi connectivity index (χ2v) is 9.37. The average molecular weight is 501 g/mol. The van der Waals surface area contributed by atoms with Crippen LogP contribution in [0.4, 0.5) is 0 Å². The molecule has 0 unspecified atom stereocenters. The van der Waals surface area contributed by atoms with Crippen molar-refractivity contribution in [2.24, 2.45) is 0 Å². The SMILES string of the molecule is CS(=O)(=O)O[C@@H](COCc1ccccc1)C[C@@H](C=O)OCc1ccccc1.OCc1ccccc1. The molecule has 3 rings (SSSR count). The van der Waals surface area contributed by atoms with Crippen LogP contribution in [-0.2, 0) is 48.4 Å². The van der Waals surface area contributed by atoms with Crippen LogP contribution in [0.2, 0.25) is 0 Å². The van der Waals surface area contributed by atoms with Gasteiger partial charge >= 0.3 is 0 Å². The number of aliphatic hydroxyl groups excluding tert-OH is 1. The first-order valence-electron chi connectivity index (χ1n) is 11.1. The van der Waals surface area contributed by atoms with Gasteiger partial charge in [-0.15, -0.1) is 0 Å². The van der Waals surface area contributed by atoms with Crippen LogP contribution >= 0.6 is 0 Å². The number of aliphatic hydroxyl groups is 1. The van der Waals surface area contributed by atoms with Gasteiger partial charge in [-0.3, -0.25) is 4.18 Å². The molecule has 188 valence electrons. The standard InChI is InChI=1S/C20H24O6S.C7H8O/c1-27(22,23)26-20(16-24-14-17-8-4-2-5-9-17)12-19(13-21)25-15-18-10-6-3-7-11-18;8-6-7-4-2-1-3-5-7/h2-11,13,19-20H,12,14-16H2,1H3;1-5,8H,6H2/t19-,20+;/m0./s1. The lowest BCUT2D eigenvalue weighted by Crippen LogP contribution is -2.30. The predicted molar refractivity (Wildman–Crippen MR) is 134 cm³/mol. The van der Waals surface area contributed by atoms with Crippen molar-refractivity contribution < 1.29 is 32.0 Å². The number of aldehydes is 1. The molecule has 2 atom stereocenters. The van der Waals surface area contributed by atoms with Crippen molar-refractivity contribution in [3.8, 4) is 0 Å². The van der Waals surface area contributed by atoms with Crippen LogP contribution in [0.5, 0.6) is 0 Å². The third-order valence-electron chi connectivity index (χ3n) is 4.71. The van der Waals surface area contributed by atoms with Gasteiger partial charge in [0.1, 0.15) is 18.5 Å². The molecule has 0 radical (unpaired) electrons. The highest BCUT2D eigenvalue weighted by atomic mass is 32.2. The van der Waals surface area contributed by atoms with Crippen LogP contribution in [0.25, 0.3) is 0 Å². The molecule has 0 aliphatic carbocycles. The van der Waals surface area contributed by atoms with E-state index >= 15 is 0 Å². The van der Waals surface area contributed by atoms with Gasteiger partial charge in [0.15, 0.2) is 0 Å². The molecule has 7 nitrogen and oxygen atoms in total. The molecule has 0 amide bonds. The monoisotopic (exact) mass is 500 g/mol. The van der Waals surface area contributed by atoms with Gasteiger partial charge in [0.2, 0.25) is 0 Å². The molecule has 0 bridgehead atoms. The molecule has 8 heteroatoms. The number of carbonyl (C=O) groups excluding carboxylic acids is 1. The highest BCUT2D eigenvalue weighted by molar-refractivity contribution is 7.86. The Kier molecular flexibility index (Phi) is 12.9. The molecule has 3 aromatic carbocycles. The summed E-state index contributed by atoms with van der Waals surface area (Å²) in [5.41, 5.74) is 2.85. The summed E-state index contributed by atoms with van der Waals surface area (Å²) >= 11 is 0. The van der Waals surface area contributed by atoms with Gasteiger partial charge in [0.25, 0.3) is 10.1 Å². The number of benzene rings is 3. The van der Waals surface area contributed by atoms with Gasteiger partial charge in [-0.05, 0) is 16.7 Å². The molecule has 0 saturated heterocycles. The summed E-state index contributed by atoms with van der Waals surface area (Å²) in [4.78, 5) is 11.4. The van der Waals surface area contributed by atoms with Crippen molar-refractivity contribution >= 4 is 16.4 Å². The van der Waals surface area contributed by atoms with Gasteiger partial charge in [-0.25, -0.2) is 0 Å². The lowest BCUT2D eigenvalue weighted by Gasteiger charge is -2.20. The Morgan fingerprint density at radius 3 is 1.71 bits per heavy atom. The summed E-state index contributed by atoms with van der Waals surface area (Å²) in [6.45, 7) is 0.740. The minimum Gasteiger partial charge on any atom is -0.392 e. The normalized spacial score (nSPS) is 12.7. The van der Waals surface area contributed by atoms with E-state index < -0.39 is 22.3 Å². The molecule has 0 heterocycles. The maximum atomic E-state index is 11.5. The Balaban J connectivity index is 0.000000456. The average Bonchev–Trinajstić information content (AvgIpc) is 2.87. The van der Waals surface area contributed by atoms with Crippen molar-refractivity contribution in [1.29, 1.82) is 0 Å². The maximum Gasteiger partial charge on any atom is 0.264 e. The van der Waals surface area contributed by atoms with E-state index in [1.54, 1.807) is 0 Å². The fourth-order valence-corrected chi connectivity index (χ4v) is 3.68. The molecular formula is C27H32O7S. The maximum absolute atomic E-state index is 11.5. The second-order valence-electron chi connectivity index (χ2n) is 7.77. The Bertz CT molecular complexity index is 1060. The van der Waals surface area contributed by atoms with Crippen molar-refractivity contribution in [2.75, 3.05) is 12.9 Å². The van der Waals surface area contributed by atoms with E-state index in [0.29, 0.717) is 12.9 Å². The van der Waals surface area contributed by atoms with Crippen molar-refractivity contribution in [3.05, 3.63) is 108 Å². The number of ether oxygens (including phenoxy) is 2. The number of hydrogen-bond donors (Lipinski definition) is 1. The molecule has 1 N–H and O–H groups in total. The van der Waals surface area contributed by atoms with Crippen LogP contribution in [0, 0.1) is 0 Å². The fraction of sp³-hybridized carbons (Fsp3) is 0.296. The largest absolute Gasteiger partial charge is 0.392 e. The van der Waals surface area contributed by atoms with Crippen molar-refractivity contribution in [1.82, 2.24) is 0 Å². The smallest absolute Gasteiger partial charge is 0.264 e. The van der Waals surface area contributed by atoms with Gasteiger partial charge in [-0.2, -0.15) is 8.42 Å². The van der Waals surface area contributed by atoms with Crippen molar-refractivity contribution in [2.45, 2.75) is 38.4 Å². The topological polar surface area (TPSA) is 99.1 Å². The van der Waals surface area contributed by atoms with Crippen LogP contribution < -0.4 is 0 Å². The van der Waals surface area contributed by atoms with E-state index in [-0.39, 0.29) is 26.2 Å². The molecule has 3 aromatic rings. The minimum absolute atomic E-state index is 0.0288. The van der Waals surface area contributed by atoms with E-state index in [1.807, 2.05) is 91.0 Å². The second kappa shape index (κ2) is 15.9. The Hall–Kier alpha value is -2.88. The van der Waals surface area contributed by atoms with Gasteiger partial charge < -0.3 is 19.4 Å². The summed E-state index contributed by atoms with van der Waals surface area (Å²) in [6, 6.07) is 28.4. The van der Waals surface area contributed by atoms with E-state index in [9.17, 15) is 13.2 Å². The van der Waals surface area contributed by atoms with Gasteiger partial charge in [0, 0.05) is 6.42 Å². The fourth-order valence-electron chi connectivity index (χ4n) is 3.05. The zero-order valence-corrected chi connectivity index (χ0v) is 20.5. The third kappa shape index (κ3) is 13.0. The zero-order chi connectivity index (χ0) is 25.4. The molecule has 0 saturated carbocycles. The number of hydrogen-bond acceptors (Lipinski definition) is 7. The zero-order valence-electron chi connectivity index (χ0n) is 19.7. The Morgan fingerprint density at radius 2 is 1.29 bits per heavy atom. The van der Waals surface area contributed by atoms with E-state index in [4.69, 9.17) is 18.8 Å². The Labute approximate surface area is 207 Å². The quantitative estimate of drug-likeness (QED) is 0.281. The highest BCUT2D eigenvalue weighted by Gasteiger charge is 2.22. The number of carbonyl (C=O) groups is 1. The molecule has 0 aromatic heterocycles. The summed E-state index contributed by atoms with van der Waals surface area (Å²) in [7, 11) is -3.69. The minimum atomic E-state index is -3.69. The van der Waals surface area contributed by atoms with E-state index in [2.05, 4.69) is 0 Å². The Morgan fingerprint density at radius 1 is 0.800 bits per heavy atom. The summed E-state index contributed by atoms with van der Waals surface area (Å²) in [5, 5.41) is 8.54. The molecule has 0 fully saturated rings. The molecular weight excluding hydrogens is 468 g/mol. The molecule has 0 aliphatic heterocycles. The number of rotatable bonds is 13. The molecule has 35 heavy (non-hydrogen) atoms. The van der Waals surface area contributed by atoms with Crippen LogP contribution in [0.3, 0.4) is 0 Å². The highest BCUT2D eigenvalue weighted by Crippen LogP contribution is 2.12. The molecule has 0 spiro atoms. The summed E-state index contributed by atoms with van der Waals surface area (Å²) in [5.74, 6) is 0. The third-order valence-corrected chi connectivity index (χ3v) is 5.33. The van der Waals surface area contributed by atoms with Crippen LogP contribution in [0.1, 0.15) is 23.1 Å². The lowest BCUT2D eigenvalue weighted by atomic mass is 10.1. The molecule has 0 aliphatic rings. The van der Waals surface area contributed by atoms with Crippen LogP contribution in [0.15, 0.2) is 91.0 Å². The van der Waals surface area contributed by atoms with Crippen molar-refractivity contribution in [3.63, 3.8) is 0 Å². The van der Waals surface area contributed by atoms with Crippen LogP contribution in [-0.4, -0.2) is 44.9 Å². The first-order chi connectivity index (χ1) is 16.9. The van der Waals surface area contributed by atoms with E-state index in [0.717, 1.165) is 22.9 Å². The first-order valence-corrected chi connectivity index (χ1v) is 13.0.